The van der Waals surface area contributed by atoms with Crippen LogP contribution in [-0.2, 0) is 0 Å². The normalized spacial score (nSPS) is 10.5. The van der Waals surface area contributed by atoms with Gasteiger partial charge in [-0.15, -0.1) is 0 Å². The lowest BCUT2D eigenvalue weighted by molar-refractivity contribution is 0.0696. The SMILES string of the molecule is Cc1nn(-c2ncc(Cl)cc2Br)cc1C(=O)O. The summed E-state index contributed by atoms with van der Waals surface area (Å²) in [6, 6.07) is 1.67. The zero-order chi connectivity index (χ0) is 12.6. The van der Waals surface area contributed by atoms with Crippen molar-refractivity contribution in [3.05, 3.63) is 39.2 Å². The summed E-state index contributed by atoms with van der Waals surface area (Å²) in [6.07, 6.45) is 2.89. The minimum absolute atomic E-state index is 0.147. The van der Waals surface area contributed by atoms with Gasteiger partial charge in [-0.1, -0.05) is 11.6 Å². The summed E-state index contributed by atoms with van der Waals surface area (Å²) < 4.78 is 2.04. The van der Waals surface area contributed by atoms with Crippen molar-refractivity contribution in [3.8, 4) is 5.82 Å². The van der Waals surface area contributed by atoms with Gasteiger partial charge in [-0.2, -0.15) is 5.10 Å². The van der Waals surface area contributed by atoms with Gasteiger partial charge in [0.15, 0.2) is 5.82 Å². The van der Waals surface area contributed by atoms with E-state index in [9.17, 15) is 4.79 Å². The molecule has 2 aromatic rings. The number of hydrogen-bond donors (Lipinski definition) is 1. The minimum atomic E-state index is -1.01. The molecule has 2 heterocycles. The molecule has 0 amide bonds. The lowest BCUT2D eigenvalue weighted by Crippen LogP contribution is -1.99. The van der Waals surface area contributed by atoms with Crippen LogP contribution in [-0.4, -0.2) is 25.8 Å². The fourth-order valence-electron chi connectivity index (χ4n) is 1.35. The average molecular weight is 317 g/mol. The van der Waals surface area contributed by atoms with Crippen molar-refractivity contribution in [3.63, 3.8) is 0 Å². The molecule has 0 aromatic carbocycles. The summed E-state index contributed by atoms with van der Waals surface area (Å²) in [5, 5.41) is 13.5. The lowest BCUT2D eigenvalue weighted by atomic mass is 10.3. The van der Waals surface area contributed by atoms with Gasteiger partial charge in [0.2, 0.25) is 0 Å². The Hall–Kier alpha value is -1.40. The molecule has 0 unspecified atom stereocenters. The van der Waals surface area contributed by atoms with Crippen LogP contribution in [0.15, 0.2) is 22.9 Å². The van der Waals surface area contributed by atoms with Crippen molar-refractivity contribution >= 4 is 33.5 Å². The Balaban J connectivity index is 2.53. The largest absolute Gasteiger partial charge is 0.478 e. The van der Waals surface area contributed by atoms with E-state index in [-0.39, 0.29) is 5.56 Å². The van der Waals surface area contributed by atoms with E-state index in [4.69, 9.17) is 16.7 Å². The Kier molecular flexibility index (Phi) is 3.17. The second kappa shape index (κ2) is 4.46. The molecule has 7 heteroatoms. The van der Waals surface area contributed by atoms with Crippen LogP contribution in [0.4, 0.5) is 0 Å². The van der Waals surface area contributed by atoms with Crippen molar-refractivity contribution in [2.45, 2.75) is 6.92 Å². The number of aryl methyl sites for hydroxylation is 1. The van der Waals surface area contributed by atoms with E-state index in [0.717, 1.165) is 0 Å². The fraction of sp³-hybridized carbons (Fsp3) is 0.100. The van der Waals surface area contributed by atoms with Crippen LogP contribution in [0.1, 0.15) is 16.1 Å². The summed E-state index contributed by atoms with van der Waals surface area (Å²) in [5.41, 5.74) is 0.579. The van der Waals surface area contributed by atoms with Gasteiger partial charge in [0.1, 0.15) is 5.56 Å². The van der Waals surface area contributed by atoms with Crippen molar-refractivity contribution in [2.24, 2.45) is 0 Å². The van der Waals surface area contributed by atoms with Gasteiger partial charge in [-0.05, 0) is 28.9 Å². The number of carbonyl (C=O) groups is 1. The van der Waals surface area contributed by atoms with E-state index in [2.05, 4.69) is 26.0 Å². The molecule has 0 fully saturated rings. The molecule has 0 saturated heterocycles. The Labute approximate surface area is 110 Å². The van der Waals surface area contributed by atoms with Gasteiger partial charge >= 0.3 is 5.97 Å². The van der Waals surface area contributed by atoms with Crippen LogP contribution in [0.3, 0.4) is 0 Å². The van der Waals surface area contributed by atoms with E-state index in [0.29, 0.717) is 21.0 Å². The maximum Gasteiger partial charge on any atom is 0.339 e. The number of pyridine rings is 1. The molecule has 0 bridgehead atoms. The maximum absolute atomic E-state index is 10.9. The zero-order valence-electron chi connectivity index (χ0n) is 8.69. The number of rotatable bonds is 2. The standard InChI is InChI=1S/C10H7BrClN3O2/c1-5-7(10(16)17)4-15(14-5)9-8(11)2-6(12)3-13-9/h2-4H,1H3,(H,16,17). The van der Waals surface area contributed by atoms with Crippen molar-refractivity contribution in [1.82, 2.24) is 14.8 Å². The summed E-state index contributed by atoms with van der Waals surface area (Å²) in [4.78, 5) is 15.0. The van der Waals surface area contributed by atoms with Crippen LogP contribution < -0.4 is 0 Å². The third-order valence-corrected chi connectivity index (χ3v) is 2.92. The molecular weight excluding hydrogens is 309 g/mol. The van der Waals surface area contributed by atoms with Gasteiger partial charge in [0.05, 0.1) is 15.2 Å². The number of aromatic carboxylic acids is 1. The lowest BCUT2D eigenvalue weighted by Gasteiger charge is -2.02. The molecule has 0 saturated carbocycles. The first-order chi connectivity index (χ1) is 7.99. The number of nitrogens with zero attached hydrogens (tertiary/aromatic N) is 3. The van der Waals surface area contributed by atoms with Gasteiger partial charge in [-0.3, -0.25) is 0 Å². The third kappa shape index (κ3) is 2.32. The number of halogens is 2. The van der Waals surface area contributed by atoms with Gasteiger partial charge in [-0.25, -0.2) is 14.5 Å². The van der Waals surface area contributed by atoms with Crippen LogP contribution in [0.5, 0.6) is 0 Å². The van der Waals surface area contributed by atoms with E-state index in [1.165, 1.54) is 17.1 Å². The first kappa shape index (κ1) is 12.1. The first-order valence-electron chi connectivity index (χ1n) is 4.60. The van der Waals surface area contributed by atoms with Gasteiger partial charge in [0.25, 0.3) is 0 Å². The van der Waals surface area contributed by atoms with E-state index in [1.54, 1.807) is 13.0 Å². The Morgan fingerprint density at radius 1 is 1.59 bits per heavy atom. The molecule has 0 aliphatic carbocycles. The molecule has 0 aliphatic rings. The zero-order valence-corrected chi connectivity index (χ0v) is 11.0. The second-order valence-electron chi connectivity index (χ2n) is 3.34. The number of hydrogen-bond acceptors (Lipinski definition) is 3. The van der Waals surface area contributed by atoms with Crippen molar-refractivity contribution < 1.29 is 9.90 Å². The van der Waals surface area contributed by atoms with E-state index in [1.807, 2.05) is 0 Å². The average Bonchev–Trinajstić information content (AvgIpc) is 2.60. The summed E-state index contributed by atoms with van der Waals surface area (Å²) in [5.74, 6) is -0.524. The Morgan fingerprint density at radius 2 is 2.29 bits per heavy atom. The highest BCUT2D eigenvalue weighted by Gasteiger charge is 2.14. The van der Waals surface area contributed by atoms with Crippen LogP contribution >= 0.6 is 27.5 Å². The summed E-state index contributed by atoms with van der Waals surface area (Å²) in [7, 11) is 0. The quantitative estimate of drug-likeness (QED) is 0.925. The van der Waals surface area contributed by atoms with Crippen LogP contribution in [0, 0.1) is 6.92 Å². The highest BCUT2D eigenvalue weighted by Crippen LogP contribution is 2.22. The number of carboxylic acid groups (broad SMARTS) is 1. The maximum atomic E-state index is 10.9. The molecule has 88 valence electrons. The van der Waals surface area contributed by atoms with Gasteiger partial charge < -0.3 is 5.11 Å². The van der Waals surface area contributed by atoms with Crippen molar-refractivity contribution in [2.75, 3.05) is 0 Å². The monoisotopic (exact) mass is 315 g/mol. The number of aromatic nitrogens is 3. The molecule has 0 spiro atoms. The third-order valence-electron chi connectivity index (χ3n) is 2.13. The predicted octanol–water partition coefficient (Wildman–Crippen LogP) is 2.69. The smallest absolute Gasteiger partial charge is 0.339 e. The molecule has 1 N–H and O–H groups in total. The first-order valence-corrected chi connectivity index (χ1v) is 5.77. The molecule has 2 aromatic heterocycles. The van der Waals surface area contributed by atoms with E-state index >= 15 is 0 Å². The summed E-state index contributed by atoms with van der Waals surface area (Å²) in [6.45, 7) is 1.63. The highest BCUT2D eigenvalue weighted by atomic mass is 79.9. The molecular formula is C10H7BrClN3O2. The molecule has 0 aliphatic heterocycles. The van der Waals surface area contributed by atoms with Gasteiger partial charge in [0, 0.05) is 12.4 Å². The topological polar surface area (TPSA) is 68.0 Å². The van der Waals surface area contributed by atoms with Crippen LogP contribution in [0.25, 0.3) is 5.82 Å². The molecule has 5 nitrogen and oxygen atoms in total. The predicted molar refractivity (Wildman–Crippen MR) is 65.8 cm³/mol. The molecule has 17 heavy (non-hydrogen) atoms. The molecule has 0 atom stereocenters. The van der Waals surface area contributed by atoms with E-state index < -0.39 is 5.97 Å². The number of carboxylic acids is 1. The molecule has 2 rings (SSSR count). The minimum Gasteiger partial charge on any atom is -0.478 e. The summed E-state index contributed by atoms with van der Waals surface area (Å²) >= 11 is 9.07. The highest BCUT2D eigenvalue weighted by molar-refractivity contribution is 9.10. The second-order valence-corrected chi connectivity index (χ2v) is 4.63. The molecule has 0 radical (unpaired) electrons. The fourth-order valence-corrected chi connectivity index (χ4v) is 2.17. The Bertz CT molecular complexity index is 597. The van der Waals surface area contributed by atoms with Crippen LogP contribution in [0.2, 0.25) is 5.02 Å². The van der Waals surface area contributed by atoms with Crippen molar-refractivity contribution in [1.29, 1.82) is 0 Å². The Morgan fingerprint density at radius 3 is 2.82 bits per heavy atom.